The Morgan fingerprint density at radius 1 is 1.21 bits per heavy atom. The molecule has 132 valence electrons. The number of hydrogen-bond donors (Lipinski definition) is 1. The van der Waals surface area contributed by atoms with Crippen LogP contribution in [0.3, 0.4) is 0 Å². The second-order valence-corrected chi connectivity index (χ2v) is 7.02. The molecule has 1 aromatic carbocycles. The molecule has 4 rings (SSSR count). The molecule has 0 bridgehead atoms. The van der Waals surface area contributed by atoms with Gasteiger partial charge in [-0.25, -0.2) is 0 Å². The van der Waals surface area contributed by atoms with Crippen LogP contribution in [-0.2, 0) is 6.54 Å². The van der Waals surface area contributed by atoms with Crippen molar-refractivity contribution in [3.8, 4) is 17.2 Å². The van der Waals surface area contributed by atoms with E-state index in [2.05, 4.69) is 22.8 Å². The molecule has 24 heavy (non-hydrogen) atoms. The Labute approximate surface area is 142 Å². The van der Waals surface area contributed by atoms with Crippen molar-refractivity contribution in [3.05, 3.63) is 17.7 Å². The van der Waals surface area contributed by atoms with Gasteiger partial charge in [-0.05, 0) is 26.3 Å². The summed E-state index contributed by atoms with van der Waals surface area (Å²) in [4.78, 5) is 4.91. The number of ether oxygens (including phenoxy) is 3. The number of piperazine rings is 1. The number of hydrogen-bond acceptors (Lipinski definition) is 6. The Morgan fingerprint density at radius 2 is 2.00 bits per heavy atom. The third-order valence-corrected chi connectivity index (χ3v) is 5.30. The number of fused-ring (bicyclic) bond motifs is 2. The molecule has 1 aromatic rings. The van der Waals surface area contributed by atoms with E-state index in [-0.39, 0.29) is 12.9 Å². The summed E-state index contributed by atoms with van der Waals surface area (Å²) < 4.78 is 16.8. The van der Waals surface area contributed by atoms with Gasteiger partial charge in [-0.1, -0.05) is 0 Å². The first-order chi connectivity index (χ1) is 11.6. The van der Waals surface area contributed by atoms with Crippen molar-refractivity contribution < 1.29 is 19.3 Å². The number of benzene rings is 1. The van der Waals surface area contributed by atoms with E-state index in [4.69, 9.17) is 14.2 Å². The van der Waals surface area contributed by atoms with Gasteiger partial charge in [0, 0.05) is 49.9 Å². The van der Waals surface area contributed by atoms with Crippen LogP contribution in [0.2, 0.25) is 0 Å². The lowest BCUT2D eigenvalue weighted by molar-refractivity contribution is 0.0522. The van der Waals surface area contributed by atoms with Gasteiger partial charge in [-0.3, -0.25) is 9.80 Å². The molecule has 0 aromatic heterocycles. The minimum absolute atomic E-state index is 0.174. The highest BCUT2D eigenvalue weighted by atomic mass is 16.7. The molecule has 3 aliphatic heterocycles. The Balaban J connectivity index is 1.54. The molecule has 0 saturated carbocycles. The summed E-state index contributed by atoms with van der Waals surface area (Å²) in [5.41, 5.74) is 1.14. The van der Waals surface area contributed by atoms with Gasteiger partial charge in [0.25, 0.3) is 0 Å². The summed E-state index contributed by atoms with van der Waals surface area (Å²) in [7, 11) is 0. The zero-order valence-corrected chi connectivity index (χ0v) is 14.4. The molecule has 2 saturated heterocycles. The monoisotopic (exact) mass is 334 g/mol. The summed E-state index contributed by atoms with van der Waals surface area (Å²) >= 11 is 0. The van der Waals surface area contributed by atoms with Gasteiger partial charge in [-0.15, -0.1) is 0 Å². The number of aliphatic hydroxyl groups excluding tert-OH is 1. The minimum atomic E-state index is -0.174. The molecule has 3 aliphatic rings. The second kappa shape index (κ2) is 6.43. The molecule has 0 aliphatic carbocycles. The van der Waals surface area contributed by atoms with Gasteiger partial charge >= 0.3 is 0 Å². The second-order valence-electron chi connectivity index (χ2n) is 7.02. The predicted octanol–water partition coefficient (Wildman–Crippen LogP) is 1.45. The topological polar surface area (TPSA) is 54.4 Å². The maximum absolute atomic E-state index is 9.93. The fourth-order valence-corrected chi connectivity index (χ4v) is 4.09. The summed E-state index contributed by atoms with van der Waals surface area (Å²) in [5.74, 6) is 2.44. The van der Waals surface area contributed by atoms with Crippen molar-refractivity contribution >= 4 is 0 Å². The van der Waals surface area contributed by atoms with Gasteiger partial charge in [0.15, 0.2) is 11.5 Å². The van der Waals surface area contributed by atoms with E-state index < -0.39 is 0 Å². The Hall–Kier alpha value is -1.50. The molecule has 0 amide bonds. The standard InChI is InChI=1S/C18H26N2O4/c1-3-22-16-6-18-17(23-11-24-18)4-13(16)8-19-9-14-5-15(21)10-20(14)7-12(19)2/h4,6,12,14-15,21H,3,5,7-11H2,1-2H3/t12-,14?,15+/m0/s1. The SMILES string of the molecule is CCOc1cc2c(cc1CN1CC3C[C@@H](O)CN3C[C@@H]1C)OCO2. The van der Waals surface area contributed by atoms with E-state index >= 15 is 0 Å². The largest absolute Gasteiger partial charge is 0.493 e. The first-order valence-electron chi connectivity index (χ1n) is 8.85. The number of aliphatic hydroxyl groups is 1. The molecule has 6 nitrogen and oxygen atoms in total. The molecule has 3 heterocycles. The predicted molar refractivity (Wildman–Crippen MR) is 89.6 cm³/mol. The molecule has 3 atom stereocenters. The first-order valence-corrected chi connectivity index (χ1v) is 8.85. The molecule has 6 heteroatoms. The summed E-state index contributed by atoms with van der Waals surface area (Å²) in [6.45, 7) is 8.80. The first kappa shape index (κ1) is 16.0. The normalized spacial score (nSPS) is 29.7. The lowest BCUT2D eigenvalue weighted by Gasteiger charge is -2.42. The minimum Gasteiger partial charge on any atom is -0.493 e. The van der Waals surface area contributed by atoms with Crippen LogP contribution in [0, 0.1) is 0 Å². The highest BCUT2D eigenvalue weighted by Gasteiger charge is 2.38. The zero-order valence-electron chi connectivity index (χ0n) is 14.4. The van der Waals surface area contributed by atoms with Gasteiger partial charge in [-0.2, -0.15) is 0 Å². The molecule has 0 radical (unpaired) electrons. The summed E-state index contributed by atoms with van der Waals surface area (Å²) in [6.07, 6.45) is 0.703. The third-order valence-electron chi connectivity index (χ3n) is 5.30. The van der Waals surface area contributed by atoms with E-state index in [1.54, 1.807) is 0 Å². The molecular formula is C18H26N2O4. The smallest absolute Gasteiger partial charge is 0.231 e. The molecular weight excluding hydrogens is 308 g/mol. The lowest BCUT2D eigenvalue weighted by Crippen LogP contribution is -2.54. The fourth-order valence-electron chi connectivity index (χ4n) is 4.09. The van der Waals surface area contributed by atoms with Crippen LogP contribution >= 0.6 is 0 Å². The number of nitrogens with zero attached hydrogens (tertiary/aromatic N) is 2. The van der Waals surface area contributed by atoms with Crippen LogP contribution in [0.1, 0.15) is 25.8 Å². The van der Waals surface area contributed by atoms with Crippen LogP contribution in [0.5, 0.6) is 17.2 Å². The van der Waals surface area contributed by atoms with E-state index in [9.17, 15) is 5.11 Å². The fraction of sp³-hybridized carbons (Fsp3) is 0.667. The van der Waals surface area contributed by atoms with Crippen LogP contribution in [0.4, 0.5) is 0 Å². The van der Waals surface area contributed by atoms with Gasteiger partial charge in [0.1, 0.15) is 5.75 Å². The van der Waals surface area contributed by atoms with Crippen LogP contribution in [0.25, 0.3) is 0 Å². The van der Waals surface area contributed by atoms with Crippen molar-refractivity contribution in [2.75, 3.05) is 33.0 Å². The van der Waals surface area contributed by atoms with Crippen molar-refractivity contribution in [2.45, 2.75) is 45.0 Å². The third kappa shape index (κ3) is 2.94. The lowest BCUT2D eigenvalue weighted by atomic mass is 10.1. The van der Waals surface area contributed by atoms with E-state index in [1.807, 2.05) is 13.0 Å². The van der Waals surface area contributed by atoms with Gasteiger partial charge in [0.05, 0.1) is 12.7 Å². The highest BCUT2D eigenvalue weighted by Crippen LogP contribution is 2.39. The maximum atomic E-state index is 9.93. The average molecular weight is 334 g/mol. The molecule has 0 spiro atoms. The Morgan fingerprint density at radius 3 is 2.79 bits per heavy atom. The van der Waals surface area contributed by atoms with Crippen molar-refractivity contribution in [1.82, 2.24) is 9.80 Å². The summed E-state index contributed by atoms with van der Waals surface area (Å²) in [6, 6.07) is 4.91. The average Bonchev–Trinajstić information content (AvgIpc) is 3.13. The molecule has 1 unspecified atom stereocenters. The maximum Gasteiger partial charge on any atom is 0.231 e. The summed E-state index contributed by atoms with van der Waals surface area (Å²) in [5, 5.41) is 9.93. The van der Waals surface area contributed by atoms with Gasteiger partial charge in [0.2, 0.25) is 6.79 Å². The quantitative estimate of drug-likeness (QED) is 0.900. The van der Waals surface area contributed by atoms with E-state index in [0.717, 1.165) is 55.4 Å². The van der Waals surface area contributed by atoms with Gasteiger partial charge < -0.3 is 19.3 Å². The number of rotatable bonds is 4. The van der Waals surface area contributed by atoms with Crippen LogP contribution in [0.15, 0.2) is 12.1 Å². The Bertz CT molecular complexity index is 609. The van der Waals surface area contributed by atoms with E-state index in [1.165, 1.54) is 0 Å². The van der Waals surface area contributed by atoms with Crippen molar-refractivity contribution in [3.63, 3.8) is 0 Å². The zero-order chi connectivity index (χ0) is 16.7. The Kier molecular flexibility index (Phi) is 4.28. The van der Waals surface area contributed by atoms with Crippen LogP contribution < -0.4 is 14.2 Å². The molecule has 1 N–H and O–H groups in total. The van der Waals surface area contributed by atoms with Crippen molar-refractivity contribution in [2.24, 2.45) is 0 Å². The van der Waals surface area contributed by atoms with Crippen molar-refractivity contribution in [1.29, 1.82) is 0 Å². The van der Waals surface area contributed by atoms with Crippen LogP contribution in [-0.4, -0.2) is 66.1 Å². The molecule has 2 fully saturated rings. The highest BCUT2D eigenvalue weighted by molar-refractivity contribution is 5.51. The van der Waals surface area contributed by atoms with E-state index in [0.29, 0.717) is 18.7 Å².